The van der Waals surface area contributed by atoms with Crippen LogP contribution in [0.2, 0.25) is 0 Å². The van der Waals surface area contributed by atoms with E-state index in [1.807, 2.05) is 6.92 Å². The minimum absolute atomic E-state index is 0.0417. The van der Waals surface area contributed by atoms with Crippen molar-refractivity contribution in [1.29, 1.82) is 0 Å². The highest BCUT2D eigenvalue weighted by Gasteiger charge is 2.23. The smallest absolute Gasteiger partial charge is 0.253 e. The fourth-order valence-corrected chi connectivity index (χ4v) is 3.37. The number of aryl methyl sites for hydroxylation is 1. The van der Waals surface area contributed by atoms with Gasteiger partial charge in [-0.1, -0.05) is 6.07 Å². The van der Waals surface area contributed by atoms with E-state index < -0.39 is 9.84 Å². The van der Waals surface area contributed by atoms with E-state index in [1.54, 1.807) is 23.1 Å². The van der Waals surface area contributed by atoms with Gasteiger partial charge in [0.1, 0.15) is 0 Å². The fourth-order valence-electron chi connectivity index (χ4n) is 2.10. The first-order valence-electron chi connectivity index (χ1n) is 6.25. The summed E-state index contributed by atoms with van der Waals surface area (Å²) in [4.78, 5) is 13.9. The summed E-state index contributed by atoms with van der Waals surface area (Å²) in [6, 6.07) is 5.18. The quantitative estimate of drug-likeness (QED) is 0.774. The molecule has 0 radical (unpaired) electrons. The molecule has 1 aromatic rings. The lowest BCUT2D eigenvalue weighted by molar-refractivity contribution is 0.0768. The highest BCUT2D eigenvalue weighted by atomic mass is 32.2. The van der Waals surface area contributed by atoms with Crippen LogP contribution in [-0.4, -0.2) is 43.8 Å². The molecule has 0 bridgehead atoms. The van der Waals surface area contributed by atoms with Gasteiger partial charge in [0, 0.05) is 24.3 Å². The Morgan fingerprint density at radius 3 is 2.68 bits per heavy atom. The number of anilines is 1. The van der Waals surface area contributed by atoms with E-state index in [-0.39, 0.29) is 24.0 Å². The van der Waals surface area contributed by atoms with E-state index in [4.69, 9.17) is 5.73 Å². The number of rotatable bonds is 1. The van der Waals surface area contributed by atoms with Gasteiger partial charge in [0.25, 0.3) is 5.91 Å². The maximum Gasteiger partial charge on any atom is 0.253 e. The van der Waals surface area contributed by atoms with Gasteiger partial charge in [-0.15, -0.1) is 0 Å². The summed E-state index contributed by atoms with van der Waals surface area (Å²) in [5, 5.41) is 0. The van der Waals surface area contributed by atoms with Crippen molar-refractivity contribution >= 4 is 21.4 Å². The average molecular weight is 282 g/mol. The third-order valence-corrected chi connectivity index (χ3v) is 5.08. The Hall–Kier alpha value is -1.56. The van der Waals surface area contributed by atoms with E-state index in [0.717, 1.165) is 5.56 Å². The molecule has 1 aliphatic heterocycles. The molecule has 0 spiro atoms. The zero-order valence-electron chi connectivity index (χ0n) is 10.9. The minimum Gasteiger partial charge on any atom is -0.398 e. The summed E-state index contributed by atoms with van der Waals surface area (Å²) in [5.41, 5.74) is 7.81. The SMILES string of the molecule is Cc1ccc(C(=O)N2CCCS(=O)(=O)CC2)cc1N. The first kappa shape index (κ1) is 13.9. The predicted octanol–water partition coefficient (Wildman–Crippen LogP) is 0.838. The summed E-state index contributed by atoms with van der Waals surface area (Å²) >= 11 is 0. The molecule has 2 rings (SSSR count). The van der Waals surface area contributed by atoms with E-state index in [9.17, 15) is 13.2 Å². The third kappa shape index (κ3) is 3.26. The molecule has 1 heterocycles. The van der Waals surface area contributed by atoms with Gasteiger partial charge in [0.05, 0.1) is 11.5 Å². The first-order valence-corrected chi connectivity index (χ1v) is 8.07. The Morgan fingerprint density at radius 1 is 1.26 bits per heavy atom. The van der Waals surface area contributed by atoms with Crippen molar-refractivity contribution in [3.8, 4) is 0 Å². The van der Waals surface area contributed by atoms with Crippen LogP contribution < -0.4 is 5.73 Å². The molecule has 1 fully saturated rings. The molecule has 0 aliphatic carbocycles. The van der Waals surface area contributed by atoms with Crippen LogP contribution in [-0.2, 0) is 9.84 Å². The molecule has 104 valence electrons. The highest BCUT2D eigenvalue weighted by molar-refractivity contribution is 7.91. The summed E-state index contributed by atoms with van der Waals surface area (Å²) in [6.07, 6.45) is 0.495. The Morgan fingerprint density at radius 2 is 2.00 bits per heavy atom. The number of hydrogen-bond acceptors (Lipinski definition) is 4. The van der Waals surface area contributed by atoms with Gasteiger partial charge in [0.2, 0.25) is 0 Å². The lowest BCUT2D eigenvalue weighted by atomic mass is 10.1. The molecule has 19 heavy (non-hydrogen) atoms. The van der Waals surface area contributed by atoms with Crippen LogP contribution in [0.15, 0.2) is 18.2 Å². The number of hydrogen-bond donors (Lipinski definition) is 1. The van der Waals surface area contributed by atoms with E-state index in [0.29, 0.717) is 24.2 Å². The van der Waals surface area contributed by atoms with Crippen molar-refractivity contribution in [3.05, 3.63) is 29.3 Å². The molecule has 1 aromatic carbocycles. The number of carbonyl (C=O) groups excluding carboxylic acids is 1. The third-order valence-electron chi connectivity index (χ3n) is 3.37. The van der Waals surface area contributed by atoms with Crippen LogP contribution in [0.1, 0.15) is 22.3 Å². The maximum atomic E-state index is 12.3. The van der Waals surface area contributed by atoms with Crippen LogP contribution in [0.4, 0.5) is 5.69 Å². The summed E-state index contributed by atoms with van der Waals surface area (Å²) in [6.45, 7) is 2.61. The van der Waals surface area contributed by atoms with E-state index >= 15 is 0 Å². The number of carbonyl (C=O) groups is 1. The molecule has 2 N–H and O–H groups in total. The zero-order chi connectivity index (χ0) is 14.0. The van der Waals surface area contributed by atoms with Gasteiger partial charge < -0.3 is 10.6 Å². The molecule has 0 atom stereocenters. The molecule has 0 unspecified atom stereocenters. The second kappa shape index (κ2) is 5.21. The van der Waals surface area contributed by atoms with Crippen LogP contribution >= 0.6 is 0 Å². The maximum absolute atomic E-state index is 12.3. The molecule has 0 aromatic heterocycles. The van der Waals surface area contributed by atoms with E-state index in [1.165, 1.54) is 0 Å². The summed E-state index contributed by atoms with van der Waals surface area (Å²) in [7, 11) is -3.00. The normalized spacial score (nSPS) is 18.9. The highest BCUT2D eigenvalue weighted by Crippen LogP contribution is 2.16. The number of sulfone groups is 1. The van der Waals surface area contributed by atoms with E-state index in [2.05, 4.69) is 0 Å². The molecular formula is C13H18N2O3S. The van der Waals surface area contributed by atoms with Gasteiger partial charge in [-0.25, -0.2) is 8.42 Å². The van der Waals surface area contributed by atoms with Crippen molar-refractivity contribution in [2.45, 2.75) is 13.3 Å². The van der Waals surface area contributed by atoms with Gasteiger partial charge in [-0.3, -0.25) is 4.79 Å². The average Bonchev–Trinajstić information content (AvgIpc) is 2.53. The second-order valence-corrected chi connectivity index (χ2v) is 7.17. The Kier molecular flexibility index (Phi) is 3.80. The van der Waals surface area contributed by atoms with Crippen molar-refractivity contribution in [3.63, 3.8) is 0 Å². The molecule has 1 aliphatic rings. The van der Waals surface area contributed by atoms with Crippen molar-refractivity contribution < 1.29 is 13.2 Å². The van der Waals surface area contributed by atoms with Gasteiger partial charge in [0.15, 0.2) is 9.84 Å². The second-order valence-electron chi connectivity index (χ2n) is 4.87. The first-order chi connectivity index (χ1) is 8.89. The van der Waals surface area contributed by atoms with Gasteiger partial charge >= 0.3 is 0 Å². The Labute approximate surface area is 113 Å². The summed E-state index contributed by atoms with van der Waals surface area (Å²) in [5.74, 6) is 0.0520. The van der Waals surface area contributed by atoms with Gasteiger partial charge in [-0.05, 0) is 31.0 Å². The molecular weight excluding hydrogens is 264 g/mol. The van der Waals surface area contributed by atoms with Crippen molar-refractivity contribution in [1.82, 2.24) is 4.90 Å². The number of nitrogens with zero attached hydrogens (tertiary/aromatic N) is 1. The molecule has 5 nitrogen and oxygen atoms in total. The molecule has 0 saturated carbocycles. The standard InChI is InChI=1S/C13H18N2O3S/c1-10-3-4-11(9-12(10)14)13(16)15-5-2-7-19(17,18)8-6-15/h3-4,9H,2,5-8,14H2,1H3. The van der Waals surface area contributed by atoms with Crippen molar-refractivity contribution in [2.24, 2.45) is 0 Å². The molecule has 1 saturated heterocycles. The van der Waals surface area contributed by atoms with Crippen LogP contribution in [0.5, 0.6) is 0 Å². The van der Waals surface area contributed by atoms with Crippen LogP contribution in [0, 0.1) is 6.92 Å². The topological polar surface area (TPSA) is 80.5 Å². The zero-order valence-corrected chi connectivity index (χ0v) is 11.7. The summed E-state index contributed by atoms with van der Waals surface area (Å²) < 4.78 is 23.0. The lowest BCUT2D eigenvalue weighted by Crippen LogP contribution is -2.33. The van der Waals surface area contributed by atoms with Crippen LogP contribution in [0.25, 0.3) is 0 Å². The minimum atomic E-state index is -3.00. The lowest BCUT2D eigenvalue weighted by Gasteiger charge is -2.20. The monoisotopic (exact) mass is 282 g/mol. The van der Waals surface area contributed by atoms with Crippen molar-refractivity contribution in [2.75, 3.05) is 30.3 Å². The Balaban J connectivity index is 2.17. The number of nitrogens with two attached hydrogens (primary N) is 1. The number of amides is 1. The number of nitrogen functional groups attached to an aromatic ring is 1. The van der Waals surface area contributed by atoms with Crippen LogP contribution in [0.3, 0.4) is 0 Å². The van der Waals surface area contributed by atoms with Gasteiger partial charge in [-0.2, -0.15) is 0 Å². The Bertz CT molecular complexity index is 596. The molecule has 6 heteroatoms. The molecule has 1 amide bonds. The predicted molar refractivity (Wildman–Crippen MR) is 74.8 cm³/mol. The largest absolute Gasteiger partial charge is 0.398 e. The fraction of sp³-hybridized carbons (Fsp3) is 0.462. The number of benzene rings is 1.